The first-order valence-electron chi connectivity index (χ1n) is 14.7. The third kappa shape index (κ3) is 10.6. The SMILES string of the molecule is CCCCCCCCc1ccc(OC(=O)c2ccc(-c3ccc(CCCCCCCC)cc3)cc2)cc1. The van der Waals surface area contributed by atoms with E-state index in [2.05, 4.69) is 50.2 Å². The number of benzene rings is 3. The molecule has 0 aliphatic rings. The summed E-state index contributed by atoms with van der Waals surface area (Å²) in [6.45, 7) is 4.51. The van der Waals surface area contributed by atoms with Gasteiger partial charge in [-0.1, -0.05) is 127 Å². The van der Waals surface area contributed by atoms with Crippen LogP contribution in [0.15, 0.2) is 72.8 Å². The van der Waals surface area contributed by atoms with E-state index in [4.69, 9.17) is 4.74 Å². The van der Waals surface area contributed by atoms with Crippen LogP contribution in [0.4, 0.5) is 0 Å². The highest BCUT2D eigenvalue weighted by molar-refractivity contribution is 5.91. The van der Waals surface area contributed by atoms with Crippen molar-refractivity contribution in [2.24, 2.45) is 0 Å². The molecule has 0 spiro atoms. The highest BCUT2D eigenvalue weighted by atomic mass is 16.5. The van der Waals surface area contributed by atoms with Crippen LogP contribution in [0, 0.1) is 0 Å². The van der Waals surface area contributed by atoms with Crippen molar-refractivity contribution < 1.29 is 9.53 Å². The highest BCUT2D eigenvalue weighted by Gasteiger charge is 2.09. The fourth-order valence-corrected chi connectivity index (χ4v) is 4.77. The lowest BCUT2D eigenvalue weighted by Gasteiger charge is -2.08. The van der Waals surface area contributed by atoms with E-state index in [0.29, 0.717) is 11.3 Å². The van der Waals surface area contributed by atoms with Crippen LogP contribution in [-0.2, 0) is 12.8 Å². The molecule has 2 nitrogen and oxygen atoms in total. The zero-order valence-corrected chi connectivity index (χ0v) is 23.1. The van der Waals surface area contributed by atoms with Crippen molar-refractivity contribution in [3.63, 3.8) is 0 Å². The fraction of sp³-hybridized carbons (Fsp3) is 0.457. The van der Waals surface area contributed by atoms with Gasteiger partial charge in [-0.15, -0.1) is 0 Å². The molecule has 0 unspecified atom stereocenters. The lowest BCUT2D eigenvalue weighted by Crippen LogP contribution is -2.08. The van der Waals surface area contributed by atoms with E-state index >= 15 is 0 Å². The maximum absolute atomic E-state index is 12.6. The average Bonchev–Trinajstić information content (AvgIpc) is 2.94. The molecule has 0 amide bonds. The van der Waals surface area contributed by atoms with Gasteiger partial charge in [0.2, 0.25) is 0 Å². The molecular weight excluding hydrogens is 452 g/mol. The Hall–Kier alpha value is -2.87. The Morgan fingerprint density at radius 3 is 1.41 bits per heavy atom. The minimum absolute atomic E-state index is 0.315. The van der Waals surface area contributed by atoms with E-state index in [1.807, 2.05) is 36.4 Å². The smallest absolute Gasteiger partial charge is 0.343 e. The van der Waals surface area contributed by atoms with Crippen molar-refractivity contribution in [2.45, 2.75) is 104 Å². The maximum Gasteiger partial charge on any atom is 0.343 e. The largest absolute Gasteiger partial charge is 0.423 e. The minimum Gasteiger partial charge on any atom is -0.423 e. The van der Waals surface area contributed by atoms with Crippen molar-refractivity contribution in [3.05, 3.63) is 89.5 Å². The molecule has 0 aromatic heterocycles. The molecule has 0 fully saturated rings. The molecular formula is C35H46O2. The van der Waals surface area contributed by atoms with E-state index in [9.17, 15) is 4.79 Å². The number of esters is 1. The van der Waals surface area contributed by atoms with Gasteiger partial charge in [-0.3, -0.25) is 0 Å². The number of hydrogen-bond donors (Lipinski definition) is 0. The van der Waals surface area contributed by atoms with Crippen LogP contribution in [-0.4, -0.2) is 5.97 Å². The van der Waals surface area contributed by atoms with E-state index in [1.165, 1.54) is 93.7 Å². The Morgan fingerprint density at radius 1 is 0.514 bits per heavy atom. The summed E-state index contributed by atoms with van der Waals surface area (Å²) >= 11 is 0. The highest BCUT2D eigenvalue weighted by Crippen LogP contribution is 2.22. The van der Waals surface area contributed by atoms with Gasteiger partial charge in [-0.25, -0.2) is 4.79 Å². The first-order chi connectivity index (χ1) is 18.2. The van der Waals surface area contributed by atoms with E-state index in [-0.39, 0.29) is 5.97 Å². The van der Waals surface area contributed by atoms with Crippen LogP contribution in [0.25, 0.3) is 11.1 Å². The van der Waals surface area contributed by atoms with E-state index in [1.54, 1.807) is 0 Å². The predicted molar refractivity (Wildman–Crippen MR) is 157 cm³/mol. The second-order valence-electron chi connectivity index (χ2n) is 10.3. The summed E-state index contributed by atoms with van der Waals surface area (Å²) < 4.78 is 5.62. The third-order valence-corrected chi connectivity index (χ3v) is 7.18. The van der Waals surface area contributed by atoms with Gasteiger partial charge in [-0.05, 0) is 72.2 Å². The number of aryl methyl sites for hydroxylation is 2. The topological polar surface area (TPSA) is 26.3 Å². The van der Waals surface area contributed by atoms with Gasteiger partial charge in [0.25, 0.3) is 0 Å². The van der Waals surface area contributed by atoms with Gasteiger partial charge in [0.15, 0.2) is 0 Å². The Kier molecular flexibility index (Phi) is 13.0. The van der Waals surface area contributed by atoms with Gasteiger partial charge in [0.1, 0.15) is 5.75 Å². The van der Waals surface area contributed by atoms with Crippen molar-refractivity contribution in [3.8, 4) is 16.9 Å². The number of unbranched alkanes of at least 4 members (excludes halogenated alkanes) is 10. The molecule has 0 bridgehead atoms. The lowest BCUT2D eigenvalue weighted by molar-refractivity contribution is 0.0734. The summed E-state index contributed by atoms with van der Waals surface area (Å²) in [4.78, 5) is 12.6. The van der Waals surface area contributed by atoms with Crippen LogP contribution >= 0.6 is 0 Å². The molecule has 3 aromatic carbocycles. The van der Waals surface area contributed by atoms with Gasteiger partial charge < -0.3 is 4.74 Å². The summed E-state index contributed by atoms with van der Waals surface area (Å²) in [6, 6.07) is 24.5. The fourth-order valence-electron chi connectivity index (χ4n) is 4.77. The van der Waals surface area contributed by atoms with Crippen LogP contribution in [0.3, 0.4) is 0 Å². The first kappa shape index (κ1) is 28.7. The molecule has 0 heterocycles. The number of ether oxygens (including phenoxy) is 1. The van der Waals surface area contributed by atoms with Gasteiger partial charge in [0, 0.05) is 0 Å². The number of carbonyl (C=O) groups excluding carboxylic acids is 1. The van der Waals surface area contributed by atoms with Crippen molar-refractivity contribution in [1.29, 1.82) is 0 Å². The standard InChI is InChI=1S/C35H46O2/c1-3-5-7-9-11-13-15-29-17-21-31(22-18-29)32-23-25-33(26-24-32)35(36)37-34-27-19-30(20-28-34)16-14-12-10-8-6-4-2/h17-28H,3-16H2,1-2H3. The molecule has 3 aromatic rings. The molecule has 0 saturated heterocycles. The summed E-state index contributed by atoms with van der Waals surface area (Å²) in [6.07, 6.45) is 18.0. The molecule has 3 rings (SSSR count). The number of rotatable bonds is 17. The maximum atomic E-state index is 12.6. The van der Waals surface area contributed by atoms with E-state index in [0.717, 1.165) is 18.4 Å². The molecule has 0 saturated carbocycles. The summed E-state index contributed by atoms with van der Waals surface area (Å²) in [7, 11) is 0. The lowest BCUT2D eigenvalue weighted by atomic mass is 10.00. The van der Waals surface area contributed by atoms with Crippen LogP contribution in [0.1, 0.15) is 112 Å². The van der Waals surface area contributed by atoms with E-state index < -0.39 is 0 Å². The molecule has 2 heteroatoms. The van der Waals surface area contributed by atoms with Gasteiger partial charge in [-0.2, -0.15) is 0 Å². The average molecular weight is 499 g/mol. The van der Waals surface area contributed by atoms with Crippen molar-refractivity contribution in [2.75, 3.05) is 0 Å². The molecule has 0 radical (unpaired) electrons. The molecule has 0 atom stereocenters. The third-order valence-electron chi connectivity index (χ3n) is 7.18. The molecule has 37 heavy (non-hydrogen) atoms. The van der Waals surface area contributed by atoms with Crippen LogP contribution in [0.5, 0.6) is 5.75 Å². The Bertz CT molecular complexity index is 1020. The van der Waals surface area contributed by atoms with Gasteiger partial charge >= 0.3 is 5.97 Å². The van der Waals surface area contributed by atoms with Crippen LogP contribution in [0.2, 0.25) is 0 Å². The Balaban J connectivity index is 1.43. The zero-order valence-electron chi connectivity index (χ0n) is 23.1. The van der Waals surface area contributed by atoms with Crippen molar-refractivity contribution in [1.82, 2.24) is 0 Å². The van der Waals surface area contributed by atoms with Gasteiger partial charge in [0.05, 0.1) is 5.56 Å². The second kappa shape index (κ2) is 16.8. The quantitative estimate of drug-likeness (QED) is 0.105. The molecule has 0 N–H and O–H groups in total. The Morgan fingerprint density at radius 2 is 0.919 bits per heavy atom. The molecule has 0 aliphatic heterocycles. The first-order valence-corrected chi connectivity index (χ1v) is 14.7. The monoisotopic (exact) mass is 498 g/mol. The molecule has 0 aliphatic carbocycles. The summed E-state index contributed by atoms with van der Waals surface area (Å²) in [5, 5.41) is 0. The molecule has 198 valence electrons. The summed E-state index contributed by atoms with van der Waals surface area (Å²) in [5.74, 6) is 0.284. The zero-order chi connectivity index (χ0) is 26.1. The van der Waals surface area contributed by atoms with Crippen molar-refractivity contribution >= 4 is 5.97 Å². The number of carbonyl (C=O) groups is 1. The normalized spacial score (nSPS) is 11.0. The summed E-state index contributed by atoms with van der Waals surface area (Å²) in [5.41, 5.74) is 5.56. The Labute approximate surface area is 225 Å². The second-order valence-corrected chi connectivity index (χ2v) is 10.3. The predicted octanol–water partition coefficient (Wildman–Crippen LogP) is 10.4. The minimum atomic E-state index is -0.315. The number of hydrogen-bond acceptors (Lipinski definition) is 2. The van der Waals surface area contributed by atoms with Crippen LogP contribution < -0.4 is 4.74 Å².